The monoisotopic (exact) mass is 191 g/mol. The Hall–Kier alpha value is -0.240. The van der Waals surface area contributed by atoms with Gasteiger partial charge < -0.3 is 29.9 Å². The first kappa shape index (κ1) is 9.32. The first-order valence-electron chi connectivity index (χ1n) is 3.98. The van der Waals surface area contributed by atoms with E-state index in [9.17, 15) is 20.4 Å². The summed E-state index contributed by atoms with van der Waals surface area (Å²) in [5.41, 5.74) is 0. The third-order valence-corrected chi connectivity index (χ3v) is 2.47. The molecule has 1 radical (unpaired) electrons. The average molecular weight is 191 g/mol. The Bertz CT molecular complexity index is 177. The molecule has 0 aromatic heterocycles. The largest absolute Gasteiger partial charge is 0.387 e. The van der Waals surface area contributed by atoms with Crippen LogP contribution in [-0.4, -0.2) is 57.0 Å². The second-order valence-corrected chi connectivity index (χ2v) is 3.26. The fourth-order valence-electron chi connectivity index (χ4n) is 1.66. The highest BCUT2D eigenvalue weighted by molar-refractivity contribution is 5.02. The normalized spacial score (nSPS) is 56.3. The number of hydrogen-bond donors (Lipinski definition) is 4. The van der Waals surface area contributed by atoms with Gasteiger partial charge in [0.2, 0.25) is 6.79 Å². The molecule has 2 rings (SSSR count). The third-order valence-electron chi connectivity index (χ3n) is 2.47. The van der Waals surface area contributed by atoms with E-state index >= 15 is 0 Å². The molecule has 1 saturated carbocycles. The van der Waals surface area contributed by atoms with Crippen molar-refractivity contribution in [2.75, 3.05) is 0 Å². The van der Waals surface area contributed by atoms with Gasteiger partial charge in [0.15, 0.2) is 0 Å². The van der Waals surface area contributed by atoms with Crippen LogP contribution >= 0.6 is 0 Å². The fraction of sp³-hybridized carbons (Fsp3) is 0.857. The lowest BCUT2D eigenvalue weighted by Crippen LogP contribution is -2.62. The van der Waals surface area contributed by atoms with E-state index in [4.69, 9.17) is 9.47 Å². The Morgan fingerprint density at radius 1 is 0.692 bits per heavy atom. The van der Waals surface area contributed by atoms with Crippen LogP contribution in [0.2, 0.25) is 0 Å². The molecule has 0 aromatic rings. The van der Waals surface area contributed by atoms with E-state index in [1.165, 1.54) is 0 Å². The van der Waals surface area contributed by atoms with Gasteiger partial charge in [-0.25, -0.2) is 0 Å². The first-order chi connectivity index (χ1) is 6.13. The summed E-state index contributed by atoms with van der Waals surface area (Å²) in [6, 6.07) is 0. The molecule has 1 saturated heterocycles. The van der Waals surface area contributed by atoms with Gasteiger partial charge >= 0.3 is 0 Å². The van der Waals surface area contributed by atoms with E-state index in [-0.39, 0.29) is 0 Å². The molecule has 6 unspecified atom stereocenters. The summed E-state index contributed by atoms with van der Waals surface area (Å²) in [4.78, 5) is 0. The molecule has 1 aliphatic heterocycles. The van der Waals surface area contributed by atoms with Gasteiger partial charge in [-0.1, -0.05) is 0 Å². The maximum absolute atomic E-state index is 9.39. The maximum atomic E-state index is 9.39. The highest BCUT2D eigenvalue weighted by Gasteiger charge is 2.52. The van der Waals surface area contributed by atoms with Gasteiger partial charge in [0.05, 0.1) is 0 Å². The van der Waals surface area contributed by atoms with Gasteiger partial charge in [-0.15, -0.1) is 0 Å². The van der Waals surface area contributed by atoms with Crippen LogP contribution in [0.3, 0.4) is 0 Å². The second-order valence-electron chi connectivity index (χ2n) is 3.26. The van der Waals surface area contributed by atoms with Crippen LogP contribution in [0.1, 0.15) is 0 Å². The Morgan fingerprint density at radius 2 is 1.08 bits per heavy atom. The van der Waals surface area contributed by atoms with Crippen molar-refractivity contribution in [3.05, 3.63) is 6.79 Å². The minimum Gasteiger partial charge on any atom is -0.387 e. The van der Waals surface area contributed by atoms with E-state index in [1.54, 1.807) is 0 Å². The van der Waals surface area contributed by atoms with E-state index in [0.29, 0.717) is 0 Å². The van der Waals surface area contributed by atoms with Crippen molar-refractivity contribution in [3.8, 4) is 0 Å². The minimum atomic E-state index is -1.41. The van der Waals surface area contributed by atoms with E-state index in [1.807, 2.05) is 0 Å². The van der Waals surface area contributed by atoms with Crippen molar-refractivity contribution in [2.45, 2.75) is 36.6 Å². The summed E-state index contributed by atoms with van der Waals surface area (Å²) in [5, 5.41) is 37.3. The predicted octanol–water partition coefficient (Wildman–Crippen LogP) is -2.65. The Morgan fingerprint density at radius 3 is 1.46 bits per heavy atom. The number of aliphatic hydroxyl groups is 4. The summed E-state index contributed by atoms with van der Waals surface area (Å²) >= 11 is 0. The van der Waals surface area contributed by atoms with Crippen molar-refractivity contribution in [2.24, 2.45) is 0 Å². The minimum absolute atomic E-state index is 0.812. The topological polar surface area (TPSA) is 99.4 Å². The summed E-state index contributed by atoms with van der Waals surface area (Å²) < 4.78 is 9.66. The van der Waals surface area contributed by atoms with Crippen LogP contribution in [0.15, 0.2) is 0 Å². The molecule has 1 heterocycles. The highest BCUT2D eigenvalue weighted by Crippen LogP contribution is 2.31. The molecule has 1 aliphatic carbocycles. The first-order valence-corrected chi connectivity index (χ1v) is 3.98. The van der Waals surface area contributed by atoms with Gasteiger partial charge in [-0.2, -0.15) is 0 Å². The lowest BCUT2D eigenvalue weighted by molar-refractivity contribution is -0.192. The van der Waals surface area contributed by atoms with Gasteiger partial charge in [0, 0.05) is 0 Å². The summed E-state index contributed by atoms with van der Waals surface area (Å²) in [6.45, 7) is 0.993. The van der Waals surface area contributed by atoms with Gasteiger partial charge in [0.25, 0.3) is 0 Å². The number of aliphatic hydroxyl groups excluding tert-OH is 4. The molecule has 0 aromatic carbocycles. The van der Waals surface area contributed by atoms with Crippen LogP contribution < -0.4 is 0 Å². The molecule has 6 nitrogen and oxygen atoms in total. The van der Waals surface area contributed by atoms with Crippen LogP contribution in [0.25, 0.3) is 0 Å². The van der Waals surface area contributed by atoms with Crippen molar-refractivity contribution in [3.63, 3.8) is 0 Å². The average Bonchev–Trinajstić information content (AvgIpc) is 2.59. The Balaban J connectivity index is 2.19. The van der Waals surface area contributed by atoms with Crippen molar-refractivity contribution >= 4 is 0 Å². The molecule has 6 atom stereocenters. The lowest BCUT2D eigenvalue weighted by Gasteiger charge is -2.38. The van der Waals surface area contributed by atoms with Crippen molar-refractivity contribution in [1.29, 1.82) is 0 Å². The van der Waals surface area contributed by atoms with Crippen LogP contribution in [0, 0.1) is 6.79 Å². The molecule has 0 amide bonds. The fourth-order valence-corrected chi connectivity index (χ4v) is 1.66. The van der Waals surface area contributed by atoms with Crippen molar-refractivity contribution in [1.82, 2.24) is 0 Å². The zero-order valence-corrected chi connectivity index (χ0v) is 6.65. The molecule has 0 spiro atoms. The predicted molar refractivity (Wildman–Crippen MR) is 38.1 cm³/mol. The number of ether oxygens (including phenoxy) is 2. The SMILES string of the molecule is OC1C(O)C(O)C2O[CH]OC2C1O. The van der Waals surface area contributed by atoms with Gasteiger partial charge in [-0.3, -0.25) is 0 Å². The number of rotatable bonds is 0. The van der Waals surface area contributed by atoms with Crippen LogP contribution in [0.5, 0.6) is 0 Å². The van der Waals surface area contributed by atoms with Crippen LogP contribution in [0.4, 0.5) is 0 Å². The van der Waals surface area contributed by atoms with Gasteiger partial charge in [0.1, 0.15) is 36.6 Å². The van der Waals surface area contributed by atoms with Crippen molar-refractivity contribution < 1.29 is 29.9 Å². The number of hydrogen-bond acceptors (Lipinski definition) is 6. The summed E-state index contributed by atoms with van der Waals surface area (Å²) in [6.07, 6.45) is -6.94. The molecule has 0 bridgehead atoms. The standard InChI is InChI=1S/C7H11O6/c8-2-3(9)5(11)7-6(4(2)10)12-1-13-7/h1-11H. The molecular weight excluding hydrogens is 180 g/mol. The molecule has 13 heavy (non-hydrogen) atoms. The zero-order valence-electron chi connectivity index (χ0n) is 6.65. The zero-order chi connectivity index (χ0) is 9.59. The Labute approximate surface area is 74.3 Å². The molecule has 2 aliphatic rings. The van der Waals surface area contributed by atoms with E-state index in [2.05, 4.69) is 0 Å². The molecule has 75 valence electrons. The number of fused-ring (bicyclic) bond motifs is 1. The van der Waals surface area contributed by atoms with E-state index in [0.717, 1.165) is 6.79 Å². The quantitative estimate of drug-likeness (QED) is 0.334. The molecule has 6 heteroatoms. The lowest BCUT2D eigenvalue weighted by atomic mass is 9.85. The van der Waals surface area contributed by atoms with E-state index < -0.39 is 36.6 Å². The van der Waals surface area contributed by atoms with Crippen LogP contribution in [-0.2, 0) is 9.47 Å². The maximum Gasteiger partial charge on any atom is 0.210 e. The second kappa shape index (κ2) is 3.16. The Kier molecular flexibility index (Phi) is 2.26. The highest BCUT2D eigenvalue weighted by atomic mass is 16.7. The molecule has 2 fully saturated rings. The van der Waals surface area contributed by atoms with Gasteiger partial charge in [-0.05, 0) is 0 Å². The summed E-state index contributed by atoms with van der Waals surface area (Å²) in [7, 11) is 0. The smallest absolute Gasteiger partial charge is 0.210 e. The molecule has 4 N–H and O–H groups in total. The summed E-state index contributed by atoms with van der Waals surface area (Å²) in [5.74, 6) is 0. The molecular formula is C7H11O6. The third kappa shape index (κ3) is 1.26.